The van der Waals surface area contributed by atoms with Gasteiger partial charge in [-0.3, -0.25) is 4.79 Å². The van der Waals surface area contributed by atoms with Crippen molar-refractivity contribution >= 4 is 28.8 Å². The maximum absolute atomic E-state index is 12.1. The van der Waals surface area contributed by atoms with Gasteiger partial charge in [-0.15, -0.1) is 11.3 Å². The first-order chi connectivity index (χ1) is 8.70. The molecule has 0 radical (unpaired) electrons. The van der Waals surface area contributed by atoms with E-state index in [1.54, 1.807) is 12.1 Å². The molecule has 1 amide bonds. The van der Waals surface area contributed by atoms with Gasteiger partial charge >= 0.3 is 0 Å². The van der Waals surface area contributed by atoms with E-state index in [1.807, 2.05) is 0 Å². The number of amides is 1. The van der Waals surface area contributed by atoms with Gasteiger partial charge in [-0.05, 0) is 43.2 Å². The molecule has 1 aromatic rings. The van der Waals surface area contributed by atoms with E-state index in [0.29, 0.717) is 20.7 Å². The van der Waals surface area contributed by atoms with E-state index in [0.717, 1.165) is 32.5 Å². The molecule has 3 rings (SSSR count). The second-order valence-corrected chi connectivity index (χ2v) is 6.86. The molecule has 1 aliphatic carbocycles. The summed E-state index contributed by atoms with van der Waals surface area (Å²) in [6.07, 6.45) is 4.45. The second-order valence-electron chi connectivity index (χ2n) is 5.14. The van der Waals surface area contributed by atoms with Gasteiger partial charge in [0.05, 0.1) is 9.21 Å². The van der Waals surface area contributed by atoms with Crippen molar-refractivity contribution in [2.45, 2.75) is 31.7 Å². The molecule has 0 bridgehead atoms. The summed E-state index contributed by atoms with van der Waals surface area (Å²) >= 11 is 7.19. The minimum absolute atomic E-state index is 0.0162. The Hall–Kier alpha value is -0.580. The molecule has 3 nitrogen and oxygen atoms in total. The average Bonchev–Trinajstić information content (AvgIpc) is 2.82. The SMILES string of the molecule is O=C(NC1CCC12CCOCC2)c1ccc(Cl)s1. The number of nitrogens with one attached hydrogen (secondary N) is 1. The molecule has 1 spiro atoms. The zero-order valence-electron chi connectivity index (χ0n) is 10.1. The lowest BCUT2D eigenvalue weighted by Gasteiger charge is -2.52. The highest BCUT2D eigenvalue weighted by molar-refractivity contribution is 7.17. The third kappa shape index (κ3) is 2.17. The highest BCUT2D eigenvalue weighted by atomic mass is 35.5. The molecule has 1 saturated heterocycles. The Morgan fingerprint density at radius 1 is 1.39 bits per heavy atom. The van der Waals surface area contributed by atoms with Crippen LogP contribution in [0.2, 0.25) is 4.34 Å². The summed E-state index contributed by atoms with van der Waals surface area (Å²) in [5.74, 6) is 0.0162. The fraction of sp³-hybridized carbons (Fsp3) is 0.615. The normalized spacial score (nSPS) is 25.7. The van der Waals surface area contributed by atoms with E-state index < -0.39 is 0 Å². The first-order valence-electron chi connectivity index (χ1n) is 6.34. The summed E-state index contributed by atoms with van der Waals surface area (Å²) in [5.41, 5.74) is 0.301. The van der Waals surface area contributed by atoms with E-state index in [1.165, 1.54) is 17.8 Å². The van der Waals surface area contributed by atoms with Gasteiger partial charge in [-0.2, -0.15) is 0 Å². The molecule has 18 heavy (non-hydrogen) atoms. The Morgan fingerprint density at radius 3 is 2.72 bits per heavy atom. The predicted molar refractivity (Wildman–Crippen MR) is 72.3 cm³/mol. The molecule has 1 N–H and O–H groups in total. The van der Waals surface area contributed by atoms with Crippen LogP contribution in [-0.2, 0) is 4.74 Å². The van der Waals surface area contributed by atoms with Crippen LogP contribution in [0, 0.1) is 5.41 Å². The third-order valence-electron chi connectivity index (χ3n) is 4.26. The Labute approximate surface area is 115 Å². The van der Waals surface area contributed by atoms with Crippen LogP contribution in [0.5, 0.6) is 0 Å². The molecular formula is C13H16ClNO2S. The molecular weight excluding hydrogens is 270 g/mol. The lowest BCUT2D eigenvalue weighted by molar-refractivity contribution is -0.0522. The van der Waals surface area contributed by atoms with Crippen molar-refractivity contribution in [3.8, 4) is 0 Å². The van der Waals surface area contributed by atoms with Crippen molar-refractivity contribution in [3.05, 3.63) is 21.3 Å². The fourth-order valence-electron chi connectivity index (χ4n) is 2.96. The van der Waals surface area contributed by atoms with Gasteiger partial charge in [-0.1, -0.05) is 11.6 Å². The summed E-state index contributed by atoms with van der Waals surface area (Å²) in [4.78, 5) is 12.8. The second kappa shape index (κ2) is 4.83. The first kappa shape index (κ1) is 12.5. The Kier molecular flexibility index (Phi) is 3.34. The van der Waals surface area contributed by atoms with E-state index in [2.05, 4.69) is 5.32 Å². The smallest absolute Gasteiger partial charge is 0.261 e. The third-order valence-corrected chi connectivity index (χ3v) is 5.49. The molecule has 1 saturated carbocycles. The molecule has 0 aromatic carbocycles. The van der Waals surface area contributed by atoms with E-state index in [9.17, 15) is 4.79 Å². The van der Waals surface area contributed by atoms with Gasteiger partial charge in [-0.25, -0.2) is 0 Å². The van der Waals surface area contributed by atoms with Crippen LogP contribution in [-0.4, -0.2) is 25.2 Å². The molecule has 2 fully saturated rings. The maximum atomic E-state index is 12.1. The Morgan fingerprint density at radius 2 is 2.17 bits per heavy atom. The number of carbonyl (C=O) groups excluding carboxylic acids is 1. The Bertz CT molecular complexity index is 454. The minimum Gasteiger partial charge on any atom is -0.381 e. The van der Waals surface area contributed by atoms with Crippen LogP contribution in [0.1, 0.15) is 35.4 Å². The minimum atomic E-state index is 0.0162. The molecule has 1 aromatic heterocycles. The largest absolute Gasteiger partial charge is 0.381 e. The molecule has 2 heterocycles. The van der Waals surface area contributed by atoms with Crippen molar-refractivity contribution in [2.75, 3.05) is 13.2 Å². The zero-order chi connectivity index (χ0) is 12.6. The van der Waals surface area contributed by atoms with Crippen molar-refractivity contribution in [1.82, 2.24) is 5.32 Å². The van der Waals surface area contributed by atoms with Crippen molar-refractivity contribution in [2.24, 2.45) is 5.41 Å². The first-order valence-corrected chi connectivity index (χ1v) is 7.53. The number of hydrogen-bond acceptors (Lipinski definition) is 3. The van der Waals surface area contributed by atoms with Gasteiger partial charge in [0.2, 0.25) is 0 Å². The summed E-state index contributed by atoms with van der Waals surface area (Å²) < 4.78 is 6.08. The van der Waals surface area contributed by atoms with E-state index in [-0.39, 0.29) is 5.91 Å². The highest BCUT2D eigenvalue weighted by Gasteiger charge is 2.48. The summed E-state index contributed by atoms with van der Waals surface area (Å²) in [5, 5.41) is 3.16. The number of thiophene rings is 1. The highest BCUT2D eigenvalue weighted by Crippen LogP contribution is 2.48. The zero-order valence-corrected chi connectivity index (χ0v) is 11.6. The number of hydrogen-bond donors (Lipinski definition) is 1. The summed E-state index contributed by atoms with van der Waals surface area (Å²) in [6, 6.07) is 3.87. The average molecular weight is 286 g/mol. The van der Waals surface area contributed by atoms with Crippen molar-refractivity contribution in [1.29, 1.82) is 0 Å². The molecule has 1 aliphatic heterocycles. The lowest BCUT2D eigenvalue weighted by atomic mass is 9.60. The molecule has 1 unspecified atom stereocenters. The molecule has 2 aliphatic rings. The van der Waals surface area contributed by atoms with Gasteiger partial charge in [0.1, 0.15) is 0 Å². The number of rotatable bonds is 2. The van der Waals surface area contributed by atoms with Crippen LogP contribution in [0.25, 0.3) is 0 Å². The van der Waals surface area contributed by atoms with Gasteiger partial charge in [0.25, 0.3) is 5.91 Å². The van der Waals surface area contributed by atoms with Gasteiger partial charge < -0.3 is 10.1 Å². The maximum Gasteiger partial charge on any atom is 0.261 e. The van der Waals surface area contributed by atoms with E-state index >= 15 is 0 Å². The molecule has 1 atom stereocenters. The predicted octanol–water partition coefficient (Wildman–Crippen LogP) is 3.09. The van der Waals surface area contributed by atoms with E-state index in [4.69, 9.17) is 16.3 Å². The van der Waals surface area contributed by atoms with Crippen LogP contribution < -0.4 is 5.32 Å². The van der Waals surface area contributed by atoms with Crippen LogP contribution in [0.4, 0.5) is 0 Å². The number of carbonyl (C=O) groups is 1. The van der Waals surface area contributed by atoms with Crippen LogP contribution in [0.3, 0.4) is 0 Å². The Balaban J connectivity index is 1.64. The number of halogens is 1. The number of ether oxygens (including phenoxy) is 1. The lowest BCUT2D eigenvalue weighted by Crippen LogP contribution is -2.57. The summed E-state index contributed by atoms with van der Waals surface area (Å²) in [6.45, 7) is 1.66. The van der Waals surface area contributed by atoms with Crippen LogP contribution in [0.15, 0.2) is 12.1 Å². The standard InChI is InChI=1S/C13H16ClNO2S/c14-11-2-1-9(18-11)12(16)15-10-3-4-13(10)5-7-17-8-6-13/h1-2,10H,3-8H2,(H,15,16). The van der Waals surface area contributed by atoms with Gasteiger partial charge in [0, 0.05) is 19.3 Å². The van der Waals surface area contributed by atoms with Crippen molar-refractivity contribution in [3.63, 3.8) is 0 Å². The monoisotopic (exact) mass is 285 g/mol. The topological polar surface area (TPSA) is 38.3 Å². The van der Waals surface area contributed by atoms with Gasteiger partial charge in [0.15, 0.2) is 0 Å². The molecule has 5 heteroatoms. The van der Waals surface area contributed by atoms with Crippen molar-refractivity contribution < 1.29 is 9.53 Å². The quantitative estimate of drug-likeness (QED) is 0.907. The summed E-state index contributed by atoms with van der Waals surface area (Å²) in [7, 11) is 0. The molecule has 98 valence electrons. The van der Waals surface area contributed by atoms with Crippen LogP contribution >= 0.6 is 22.9 Å². The fourth-order valence-corrected chi connectivity index (χ4v) is 3.91.